The Balaban J connectivity index is 1.57. The van der Waals surface area contributed by atoms with Gasteiger partial charge in [0, 0.05) is 29.7 Å². The summed E-state index contributed by atoms with van der Waals surface area (Å²) in [5.74, 6) is -1.46. The van der Waals surface area contributed by atoms with Gasteiger partial charge in [-0.25, -0.2) is 14.2 Å². The normalized spacial score (nSPS) is 11.3. The number of rotatable bonds is 8. The number of esters is 1. The number of ether oxygens (including phenoxy) is 1. The molecule has 8 nitrogen and oxygen atoms in total. The predicted molar refractivity (Wildman–Crippen MR) is 133 cm³/mol. The minimum absolute atomic E-state index is 0.159. The van der Waals surface area contributed by atoms with Crippen LogP contribution in [0.4, 0.5) is 10.1 Å². The molecule has 0 aliphatic heterocycles. The second-order valence-electron chi connectivity index (χ2n) is 8.35. The van der Waals surface area contributed by atoms with E-state index in [1.807, 2.05) is 33.0 Å². The number of pyridine rings is 1. The van der Waals surface area contributed by atoms with Crippen molar-refractivity contribution < 1.29 is 18.7 Å². The molecule has 0 unspecified atom stereocenters. The monoisotopic (exact) mass is 495 g/mol. The van der Waals surface area contributed by atoms with Crippen LogP contribution in [0.3, 0.4) is 0 Å². The SMILES string of the molecule is COC(=O)c1sc2nc(CN(C)Cc3c(C)n[nH]c3C)ccc2c1NC(=O)Cc1ccccc1F. The molecular weight excluding hydrogens is 469 g/mol. The summed E-state index contributed by atoms with van der Waals surface area (Å²) < 4.78 is 18.9. The molecular formula is C25H26FN5O3S. The number of methoxy groups -OCH3 is 1. The van der Waals surface area contributed by atoms with Gasteiger partial charge in [0.2, 0.25) is 5.91 Å². The van der Waals surface area contributed by atoms with E-state index in [4.69, 9.17) is 9.72 Å². The van der Waals surface area contributed by atoms with Gasteiger partial charge in [-0.05, 0) is 44.7 Å². The lowest BCUT2D eigenvalue weighted by atomic mass is 10.1. The molecule has 3 heterocycles. The summed E-state index contributed by atoms with van der Waals surface area (Å²) in [6.07, 6.45) is -0.159. The van der Waals surface area contributed by atoms with E-state index in [1.165, 1.54) is 13.2 Å². The molecule has 0 aliphatic rings. The van der Waals surface area contributed by atoms with Crippen LogP contribution >= 0.6 is 11.3 Å². The van der Waals surface area contributed by atoms with Crippen molar-refractivity contribution in [3.63, 3.8) is 0 Å². The number of H-pyrrole nitrogens is 1. The number of aromatic nitrogens is 3. The van der Waals surface area contributed by atoms with Crippen LogP contribution in [0, 0.1) is 19.7 Å². The van der Waals surface area contributed by atoms with Gasteiger partial charge in [0.1, 0.15) is 15.5 Å². The highest BCUT2D eigenvalue weighted by atomic mass is 32.1. The van der Waals surface area contributed by atoms with Gasteiger partial charge < -0.3 is 10.1 Å². The first-order chi connectivity index (χ1) is 16.8. The summed E-state index contributed by atoms with van der Waals surface area (Å²) >= 11 is 1.15. The van der Waals surface area contributed by atoms with Crippen molar-refractivity contribution in [2.75, 3.05) is 19.5 Å². The highest BCUT2D eigenvalue weighted by Crippen LogP contribution is 2.36. The summed E-state index contributed by atoms with van der Waals surface area (Å²) in [6.45, 7) is 5.26. The summed E-state index contributed by atoms with van der Waals surface area (Å²) in [5.41, 5.74) is 4.58. The Hall–Kier alpha value is -3.63. The fraction of sp³-hybridized carbons (Fsp3) is 0.280. The molecule has 0 aliphatic carbocycles. The predicted octanol–water partition coefficient (Wildman–Crippen LogP) is 4.38. The lowest BCUT2D eigenvalue weighted by Crippen LogP contribution is -2.18. The molecule has 4 aromatic rings. The van der Waals surface area contributed by atoms with Gasteiger partial charge in [0.15, 0.2) is 0 Å². The van der Waals surface area contributed by atoms with Gasteiger partial charge in [-0.1, -0.05) is 18.2 Å². The third kappa shape index (κ3) is 5.39. The number of hydrogen-bond acceptors (Lipinski definition) is 7. The fourth-order valence-electron chi connectivity index (χ4n) is 3.87. The van der Waals surface area contributed by atoms with Crippen molar-refractivity contribution in [1.82, 2.24) is 20.1 Å². The number of hydrogen-bond donors (Lipinski definition) is 2. The molecule has 0 saturated heterocycles. The molecule has 10 heteroatoms. The van der Waals surface area contributed by atoms with Gasteiger partial charge >= 0.3 is 5.97 Å². The molecule has 2 N–H and O–H groups in total. The standard InChI is InChI=1S/C25H26FN5O3S/c1-14-19(15(2)30-29-14)13-31(3)12-17-9-10-18-22(23(25(33)34-4)35-24(18)27-17)28-21(32)11-16-7-5-6-8-20(16)26/h5-10H,11-13H2,1-4H3,(H,28,32)(H,29,30). The molecule has 35 heavy (non-hydrogen) atoms. The van der Waals surface area contributed by atoms with Crippen LogP contribution in [-0.4, -0.2) is 46.1 Å². The van der Waals surface area contributed by atoms with E-state index in [1.54, 1.807) is 18.2 Å². The molecule has 1 amide bonds. The van der Waals surface area contributed by atoms with Gasteiger partial charge in [-0.2, -0.15) is 5.10 Å². The Morgan fingerprint density at radius 3 is 2.63 bits per heavy atom. The molecule has 1 aromatic carbocycles. The number of aromatic amines is 1. The zero-order valence-electron chi connectivity index (χ0n) is 19.9. The largest absolute Gasteiger partial charge is 0.465 e. The number of halogens is 1. The van der Waals surface area contributed by atoms with Crippen molar-refractivity contribution in [3.8, 4) is 0 Å². The summed E-state index contributed by atoms with van der Waals surface area (Å²) in [5, 5.41) is 10.6. The highest BCUT2D eigenvalue weighted by molar-refractivity contribution is 7.21. The highest BCUT2D eigenvalue weighted by Gasteiger charge is 2.22. The van der Waals surface area contributed by atoms with Crippen molar-refractivity contribution in [1.29, 1.82) is 0 Å². The molecule has 4 rings (SSSR count). The van der Waals surface area contributed by atoms with Crippen molar-refractivity contribution >= 4 is 39.1 Å². The van der Waals surface area contributed by atoms with Crippen LogP contribution in [0.15, 0.2) is 36.4 Å². The van der Waals surface area contributed by atoms with Crippen LogP contribution in [-0.2, 0) is 29.0 Å². The van der Waals surface area contributed by atoms with E-state index < -0.39 is 17.7 Å². The number of carbonyl (C=O) groups excluding carboxylic acids is 2. The van der Waals surface area contributed by atoms with E-state index in [-0.39, 0.29) is 16.9 Å². The van der Waals surface area contributed by atoms with Crippen LogP contribution in [0.5, 0.6) is 0 Å². The van der Waals surface area contributed by atoms with Gasteiger partial charge in [0.25, 0.3) is 0 Å². The topological polar surface area (TPSA) is 100 Å². The van der Waals surface area contributed by atoms with Crippen LogP contribution in [0.25, 0.3) is 10.2 Å². The average Bonchev–Trinajstić information content (AvgIpc) is 3.34. The third-order valence-corrected chi connectivity index (χ3v) is 6.78. The number of nitrogens with one attached hydrogen (secondary N) is 2. The number of nitrogens with zero attached hydrogens (tertiary/aromatic N) is 3. The number of thiophene rings is 1. The Morgan fingerprint density at radius 2 is 1.94 bits per heavy atom. The van der Waals surface area contributed by atoms with Crippen LogP contribution in [0.2, 0.25) is 0 Å². The molecule has 0 bridgehead atoms. The summed E-state index contributed by atoms with van der Waals surface area (Å²) in [4.78, 5) is 32.8. The number of carbonyl (C=O) groups is 2. The van der Waals surface area contributed by atoms with Crippen LogP contribution in [0.1, 0.15) is 37.9 Å². The fourth-order valence-corrected chi connectivity index (χ4v) is 4.94. The zero-order chi connectivity index (χ0) is 25.1. The van der Waals surface area contributed by atoms with Gasteiger partial charge in [0.05, 0.1) is 30.6 Å². The minimum Gasteiger partial charge on any atom is -0.465 e. The molecule has 0 spiro atoms. The Morgan fingerprint density at radius 1 is 1.17 bits per heavy atom. The first-order valence-corrected chi connectivity index (χ1v) is 11.8. The summed E-state index contributed by atoms with van der Waals surface area (Å²) in [6, 6.07) is 9.80. The second kappa shape index (κ2) is 10.3. The molecule has 0 atom stereocenters. The average molecular weight is 496 g/mol. The number of anilines is 1. The number of fused-ring (bicyclic) bond motifs is 1. The van der Waals surface area contributed by atoms with E-state index in [9.17, 15) is 14.0 Å². The van der Waals surface area contributed by atoms with E-state index in [0.29, 0.717) is 29.0 Å². The molecule has 0 saturated carbocycles. The van der Waals surface area contributed by atoms with Gasteiger partial charge in [-0.3, -0.25) is 14.8 Å². The van der Waals surface area contributed by atoms with E-state index in [0.717, 1.165) is 34.0 Å². The Kier molecular flexibility index (Phi) is 7.23. The molecule has 0 radical (unpaired) electrons. The number of aryl methyl sites for hydroxylation is 2. The minimum atomic E-state index is -0.571. The quantitative estimate of drug-likeness (QED) is 0.352. The van der Waals surface area contributed by atoms with Gasteiger partial charge in [-0.15, -0.1) is 11.3 Å². The van der Waals surface area contributed by atoms with Crippen LogP contribution < -0.4 is 5.32 Å². The number of amides is 1. The maximum absolute atomic E-state index is 14.0. The van der Waals surface area contributed by atoms with Crippen molar-refractivity contribution in [3.05, 3.63) is 75.3 Å². The molecule has 0 fully saturated rings. The van der Waals surface area contributed by atoms with Crippen molar-refractivity contribution in [2.24, 2.45) is 0 Å². The van der Waals surface area contributed by atoms with E-state index in [2.05, 4.69) is 20.4 Å². The lowest BCUT2D eigenvalue weighted by molar-refractivity contribution is -0.115. The van der Waals surface area contributed by atoms with Crippen molar-refractivity contribution in [2.45, 2.75) is 33.4 Å². The van der Waals surface area contributed by atoms with E-state index >= 15 is 0 Å². The Labute approximate surface area is 206 Å². The first-order valence-electron chi connectivity index (χ1n) is 11.0. The maximum atomic E-state index is 14.0. The summed E-state index contributed by atoms with van der Waals surface area (Å²) in [7, 11) is 3.28. The lowest BCUT2D eigenvalue weighted by Gasteiger charge is -2.16. The third-order valence-electron chi connectivity index (χ3n) is 5.70. The second-order valence-corrected chi connectivity index (χ2v) is 9.35. The number of benzene rings is 1. The zero-order valence-corrected chi connectivity index (χ0v) is 20.8. The molecule has 3 aromatic heterocycles. The Bertz CT molecular complexity index is 1380. The first kappa shape index (κ1) is 24.5. The smallest absolute Gasteiger partial charge is 0.350 e. The molecule has 182 valence electrons. The maximum Gasteiger partial charge on any atom is 0.350 e.